The van der Waals surface area contributed by atoms with Crippen LogP contribution < -0.4 is 10.6 Å². The van der Waals surface area contributed by atoms with Gasteiger partial charge in [0.25, 0.3) is 0 Å². The van der Waals surface area contributed by atoms with E-state index in [-0.39, 0.29) is 32.2 Å². The van der Waals surface area contributed by atoms with Crippen molar-refractivity contribution in [3.8, 4) is 0 Å². The zero-order valence-electron chi connectivity index (χ0n) is 17.1. The predicted octanol–water partition coefficient (Wildman–Crippen LogP) is 0.164. The summed E-state index contributed by atoms with van der Waals surface area (Å²) in [4.78, 5) is 40.3. The molecular weight excluding hydrogens is 437 g/mol. The van der Waals surface area contributed by atoms with Gasteiger partial charge in [0, 0.05) is 0 Å². The molecule has 0 aliphatic carbocycles. The van der Waals surface area contributed by atoms with Gasteiger partial charge in [-0.15, -0.1) is 0 Å². The highest BCUT2D eigenvalue weighted by Gasteiger charge is 2.28. The van der Waals surface area contributed by atoms with Gasteiger partial charge in [0.2, 0.25) is 5.65 Å². The van der Waals surface area contributed by atoms with Crippen LogP contribution in [0.4, 0.5) is 5.82 Å². The third-order valence-electron chi connectivity index (χ3n) is 3.41. The monoisotopic (exact) mass is 461 g/mol. The van der Waals surface area contributed by atoms with Crippen LogP contribution in [-0.2, 0) is 37.4 Å². The number of esters is 2. The number of nitrogen functional groups attached to an aromatic ring is 1. The second-order valence-electron chi connectivity index (χ2n) is 5.64. The molecule has 0 aliphatic rings. The number of nitrogens with two attached hydrogens (primary N) is 1. The molecule has 2 aromatic rings. The van der Waals surface area contributed by atoms with E-state index in [4.69, 9.17) is 33.8 Å². The lowest BCUT2D eigenvalue weighted by atomic mass is 10.5. The molecule has 0 saturated heterocycles. The number of ether oxygens (including phenoxy) is 3. The molecule has 31 heavy (non-hydrogen) atoms. The Balaban J connectivity index is 1.84. The van der Waals surface area contributed by atoms with Crippen molar-refractivity contribution in [2.75, 3.05) is 51.7 Å². The predicted molar refractivity (Wildman–Crippen MR) is 105 cm³/mol. The standard InChI is InChI=1S/C16H24N5O9P/c1-3-26-12(22)7-29-31(24,30-8-13(23)27-4-2)11-25-5-6-28-21-10-20-14-15(17)18-9-19-16(14)21/h9-10H,3-8,11H2,1-2H3,(H2,17,18,19). The number of aromatic nitrogens is 4. The Bertz CT molecular complexity index is 896. The van der Waals surface area contributed by atoms with E-state index in [0.717, 1.165) is 0 Å². The number of anilines is 1. The summed E-state index contributed by atoms with van der Waals surface area (Å²) >= 11 is 0. The Kier molecular flexibility index (Phi) is 9.59. The topological polar surface area (TPSA) is 176 Å². The van der Waals surface area contributed by atoms with Crippen molar-refractivity contribution in [2.24, 2.45) is 0 Å². The molecule has 15 heteroatoms. The van der Waals surface area contributed by atoms with Crippen LogP contribution in [-0.4, -0.2) is 77.6 Å². The van der Waals surface area contributed by atoms with E-state index in [1.807, 2.05) is 0 Å². The molecule has 2 rings (SSSR count). The van der Waals surface area contributed by atoms with Crippen LogP contribution in [0.1, 0.15) is 13.8 Å². The Labute approximate surface area is 177 Å². The summed E-state index contributed by atoms with van der Waals surface area (Å²) in [5.41, 5.74) is 6.45. The fourth-order valence-corrected chi connectivity index (χ4v) is 3.30. The van der Waals surface area contributed by atoms with E-state index in [0.29, 0.717) is 11.2 Å². The van der Waals surface area contributed by atoms with Crippen molar-refractivity contribution in [1.29, 1.82) is 0 Å². The highest BCUT2D eigenvalue weighted by atomic mass is 31.2. The number of hydrogen-bond acceptors (Lipinski definition) is 13. The molecule has 0 saturated carbocycles. The van der Waals surface area contributed by atoms with Crippen molar-refractivity contribution in [2.45, 2.75) is 13.8 Å². The van der Waals surface area contributed by atoms with Gasteiger partial charge in [-0.05, 0) is 13.8 Å². The quantitative estimate of drug-likeness (QED) is 0.229. The number of fused-ring (bicyclic) bond motifs is 1. The number of carbonyl (C=O) groups is 2. The molecule has 2 aromatic heterocycles. The van der Waals surface area contributed by atoms with Gasteiger partial charge in [-0.25, -0.2) is 24.5 Å². The summed E-state index contributed by atoms with van der Waals surface area (Å²) < 4.78 is 38.8. The normalized spacial score (nSPS) is 11.4. The van der Waals surface area contributed by atoms with Gasteiger partial charge in [0.05, 0.1) is 19.8 Å². The molecule has 0 spiro atoms. The number of rotatable bonds is 14. The summed E-state index contributed by atoms with van der Waals surface area (Å²) in [5, 5.41) is 0. The van der Waals surface area contributed by atoms with Crippen LogP contribution in [0.5, 0.6) is 0 Å². The van der Waals surface area contributed by atoms with Crippen LogP contribution in [0, 0.1) is 0 Å². The van der Waals surface area contributed by atoms with E-state index in [9.17, 15) is 14.2 Å². The number of carbonyl (C=O) groups excluding carboxylic acids is 2. The Morgan fingerprint density at radius 3 is 2.29 bits per heavy atom. The highest BCUT2D eigenvalue weighted by Crippen LogP contribution is 2.48. The highest BCUT2D eigenvalue weighted by molar-refractivity contribution is 7.53. The van der Waals surface area contributed by atoms with Crippen molar-refractivity contribution < 1.29 is 42.2 Å². The summed E-state index contributed by atoms with van der Waals surface area (Å²) in [6.45, 7) is 2.21. The van der Waals surface area contributed by atoms with E-state index >= 15 is 0 Å². The fraction of sp³-hybridized carbons (Fsp3) is 0.562. The van der Waals surface area contributed by atoms with Crippen LogP contribution in [0.15, 0.2) is 12.7 Å². The van der Waals surface area contributed by atoms with Gasteiger partial charge in [0.15, 0.2) is 24.5 Å². The maximum Gasteiger partial charge on any atom is 0.357 e. The SMILES string of the molecule is CCOC(=O)COP(=O)(COCCOn1cnc2c(N)ncnc21)OCC(=O)OCC. The molecule has 0 fully saturated rings. The lowest BCUT2D eigenvalue weighted by Crippen LogP contribution is -2.19. The lowest BCUT2D eigenvalue weighted by molar-refractivity contribution is -0.146. The minimum Gasteiger partial charge on any atom is -0.464 e. The Morgan fingerprint density at radius 1 is 1.03 bits per heavy atom. The number of imidazole rings is 1. The second kappa shape index (κ2) is 12.2. The molecule has 0 bridgehead atoms. The van der Waals surface area contributed by atoms with Crippen LogP contribution >= 0.6 is 7.60 Å². The Morgan fingerprint density at radius 2 is 1.68 bits per heavy atom. The first-order valence-corrected chi connectivity index (χ1v) is 10.9. The first-order valence-electron chi connectivity index (χ1n) is 9.22. The molecule has 0 amide bonds. The third kappa shape index (κ3) is 7.75. The molecule has 14 nitrogen and oxygen atoms in total. The van der Waals surface area contributed by atoms with Gasteiger partial charge in [-0.1, -0.05) is 0 Å². The van der Waals surface area contributed by atoms with Gasteiger partial charge in [-0.2, -0.15) is 4.73 Å². The second-order valence-corrected chi connectivity index (χ2v) is 7.64. The molecular formula is C16H24N5O9P. The summed E-state index contributed by atoms with van der Waals surface area (Å²) in [6, 6.07) is 0. The van der Waals surface area contributed by atoms with Crippen molar-refractivity contribution in [3.05, 3.63) is 12.7 Å². The minimum absolute atomic E-state index is 0.0190. The first kappa shape index (κ1) is 24.5. The average molecular weight is 461 g/mol. The maximum absolute atomic E-state index is 12.8. The van der Waals surface area contributed by atoms with Crippen molar-refractivity contribution in [1.82, 2.24) is 19.7 Å². The summed E-state index contributed by atoms with van der Waals surface area (Å²) in [6.07, 6.45) is 2.11. The van der Waals surface area contributed by atoms with Gasteiger partial charge < -0.3 is 24.8 Å². The molecule has 0 unspecified atom stereocenters. The Hall–Kier alpha value is -2.80. The fourth-order valence-electron chi connectivity index (χ4n) is 2.12. The van der Waals surface area contributed by atoms with E-state index in [1.165, 1.54) is 17.4 Å². The summed E-state index contributed by atoms with van der Waals surface area (Å²) in [5.74, 6) is -1.26. The average Bonchev–Trinajstić information content (AvgIpc) is 3.16. The zero-order valence-corrected chi connectivity index (χ0v) is 18.0. The first-order chi connectivity index (χ1) is 14.9. The molecule has 2 N–H and O–H groups in total. The third-order valence-corrected chi connectivity index (χ3v) is 4.95. The van der Waals surface area contributed by atoms with Gasteiger partial charge in [-0.3, -0.25) is 13.6 Å². The number of nitrogens with zero attached hydrogens (tertiary/aromatic N) is 4. The van der Waals surface area contributed by atoms with Crippen LogP contribution in [0.2, 0.25) is 0 Å². The molecule has 0 atom stereocenters. The molecule has 172 valence electrons. The van der Waals surface area contributed by atoms with Crippen molar-refractivity contribution >= 4 is 36.5 Å². The molecule has 0 aliphatic heterocycles. The number of hydrogen-bond donors (Lipinski definition) is 1. The van der Waals surface area contributed by atoms with Crippen LogP contribution in [0.25, 0.3) is 11.2 Å². The minimum atomic E-state index is -3.96. The lowest BCUT2D eigenvalue weighted by Gasteiger charge is -2.18. The maximum atomic E-state index is 12.8. The van der Waals surface area contributed by atoms with E-state index in [1.54, 1.807) is 13.8 Å². The molecule has 2 heterocycles. The molecule has 0 radical (unpaired) electrons. The molecule has 0 aromatic carbocycles. The summed E-state index contributed by atoms with van der Waals surface area (Å²) in [7, 11) is -3.96. The van der Waals surface area contributed by atoms with E-state index < -0.39 is 39.1 Å². The largest absolute Gasteiger partial charge is 0.464 e. The van der Waals surface area contributed by atoms with Crippen molar-refractivity contribution in [3.63, 3.8) is 0 Å². The van der Waals surface area contributed by atoms with Crippen LogP contribution in [0.3, 0.4) is 0 Å². The van der Waals surface area contributed by atoms with Gasteiger partial charge >= 0.3 is 19.5 Å². The van der Waals surface area contributed by atoms with E-state index in [2.05, 4.69) is 15.0 Å². The van der Waals surface area contributed by atoms with Gasteiger partial charge in [0.1, 0.15) is 25.6 Å². The smallest absolute Gasteiger partial charge is 0.357 e. The zero-order chi connectivity index (χ0) is 22.7.